The Hall–Kier alpha value is -1.16. The van der Waals surface area contributed by atoms with E-state index in [0.717, 1.165) is 24.3 Å². The minimum absolute atomic E-state index is 0.0889. The van der Waals surface area contributed by atoms with E-state index in [1.807, 2.05) is 6.07 Å². The molecule has 1 aromatic carbocycles. The number of rotatable bonds is 5. The van der Waals surface area contributed by atoms with Crippen molar-refractivity contribution >= 4 is 0 Å². The molecule has 0 amide bonds. The third-order valence-electron chi connectivity index (χ3n) is 4.44. The standard InChI is InChI=1S/C16H23F2NO/c1-2-11-6-8-12(9-7-11)15(19)13-4-3-5-14(10-13)20-16(17)18/h3-5,10-12,15-16H,2,6-9,19H2,1H3. The van der Waals surface area contributed by atoms with Crippen LogP contribution in [0.3, 0.4) is 0 Å². The van der Waals surface area contributed by atoms with E-state index in [4.69, 9.17) is 5.73 Å². The van der Waals surface area contributed by atoms with Crippen molar-refractivity contribution < 1.29 is 13.5 Å². The van der Waals surface area contributed by atoms with Gasteiger partial charge in [-0.05, 0) is 42.4 Å². The van der Waals surface area contributed by atoms with Crippen LogP contribution < -0.4 is 10.5 Å². The van der Waals surface area contributed by atoms with Crippen LogP contribution in [0, 0.1) is 11.8 Å². The highest BCUT2D eigenvalue weighted by Gasteiger charge is 2.25. The zero-order chi connectivity index (χ0) is 14.5. The molecule has 2 nitrogen and oxygen atoms in total. The van der Waals surface area contributed by atoms with Crippen LogP contribution in [0.1, 0.15) is 50.6 Å². The van der Waals surface area contributed by atoms with Gasteiger partial charge in [-0.25, -0.2) is 0 Å². The third kappa shape index (κ3) is 3.92. The summed E-state index contributed by atoms with van der Waals surface area (Å²) in [6.07, 6.45) is 5.93. The van der Waals surface area contributed by atoms with E-state index in [-0.39, 0.29) is 11.8 Å². The Kier molecular flexibility index (Phi) is 5.35. The first-order chi connectivity index (χ1) is 9.60. The van der Waals surface area contributed by atoms with Crippen LogP contribution >= 0.6 is 0 Å². The first-order valence-corrected chi connectivity index (χ1v) is 7.40. The first kappa shape index (κ1) is 15.2. The molecule has 1 saturated carbocycles. The highest BCUT2D eigenvalue weighted by Crippen LogP contribution is 2.37. The molecule has 4 heteroatoms. The van der Waals surface area contributed by atoms with Crippen molar-refractivity contribution in [2.45, 2.75) is 51.7 Å². The molecule has 2 N–H and O–H groups in total. The summed E-state index contributed by atoms with van der Waals surface area (Å²) in [4.78, 5) is 0. The summed E-state index contributed by atoms with van der Waals surface area (Å²) >= 11 is 0. The van der Waals surface area contributed by atoms with Crippen molar-refractivity contribution in [2.24, 2.45) is 17.6 Å². The topological polar surface area (TPSA) is 35.2 Å². The molecular weight excluding hydrogens is 260 g/mol. The van der Waals surface area contributed by atoms with Crippen molar-refractivity contribution in [3.8, 4) is 5.75 Å². The van der Waals surface area contributed by atoms with E-state index >= 15 is 0 Å². The van der Waals surface area contributed by atoms with E-state index in [1.54, 1.807) is 12.1 Å². The van der Waals surface area contributed by atoms with Gasteiger partial charge in [0, 0.05) is 6.04 Å². The molecular formula is C16H23F2NO. The quantitative estimate of drug-likeness (QED) is 0.863. The highest BCUT2D eigenvalue weighted by molar-refractivity contribution is 5.30. The predicted molar refractivity (Wildman–Crippen MR) is 75.7 cm³/mol. The van der Waals surface area contributed by atoms with Gasteiger partial charge in [0.05, 0.1) is 0 Å². The number of hydrogen-bond acceptors (Lipinski definition) is 2. The van der Waals surface area contributed by atoms with Gasteiger partial charge in [0.25, 0.3) is 0 Å². The third-order valence-corrected chi connectivity index (χ3v) is 4.44. The summed E-state index contributed by atoms with van der Waals surface area (Å²) in [5, 5.41) is 0. The molecule has 1 aliphatic rings. The van der Waals surface area contributed by atoms with Crippen molar-refractivity contribution in [3.63, 3.8) is 0 Å². The zero-order valence-electron chi connectivity index (χ0n) is 11.9. The molecule has 0 spiro atoms. The SMILES string of the molecule is CCC1CCC(C(N)c2cccc(OC(F)F)c2)CC1. The number of nitrogens with two attached hydrogens (primary N) is 1. The molecule has 0 heterocycles. The number of benzene rings is 1. The Balaban J connectivity index is 2.00. The van der Waals surface area contributed by atoms with E-state index in [2.05, 4.69) is 11.7 Å². The molecule has 0 saturated heterocycles. The second-order valence-electron chi connectivity index (χ2n) is 5.67. The summed E-state index contributed by atoms with van der Waals surface area (Å²) < 4.78 is 28.9. The maximum atomic E-state index is 12.2. The van der Waals surface area contributed by atoms with Crippen LogP contribution in [0.4, 0.5) is 8.78 Å². The zero-order valence-corrected chi connectivity index (χ0v) is 11.9. The number of hydrogen-bond donors (Lipinski definition) is 1. The van der Waals surface area contributed by atoms with E-state index < -0.39 is 6.61 Å². The van der Waals surface area contributed by atoms with Crippen LogP contribution in [-0.2, 0) is 0 Å². The molecule has 0 bridgehead atoms. The number of alkyl halides is 2. The number of halogens is 2. The summed E-state index contributed by atoms with van der Waals surface area (Å²) in [5.74, 6) is 1.46. The maximum Gasteiger partial charge on any atom is 0.387 e. The number of ether oxygens (including phenoxy) is 1. The molecule has 2 rings (SSSR count). The maximum absolute atomic E-state index is 12.2. The van der Waals surface area contributed by atoms with Crippen LogP contribution in [-0.4, -0.2) is 6.61 Å². The Morgan fingerprint density at radius 1 is 1.25 bits per heavy atom. The minimum Gasteiger partial charge on any atom is -0.435 e. The van der Waals surface area contributed by atoms with Gasteiger partial charge in [0.15, 0.2) is 0 Å². The lowest BCUT2D eigenvalue weighted by Gasteiger charge is -2.32. The van der Waals surface area contributed by atoms with Gasteiger partial charge >= 0.3 is 6.61 Å². The molecule has 0 aromatic heterocycles. The van der Waals surface area contributed by atoms with Gasteiger partial charge in [0.2, 0.25) is 0 Å². The van der Waals surface area contributed by atoms with Crippen LogP contribution in [0.2, 0.25) is 0 Å². The first-order valence-electron chi connectivity index (χ1n) is 7.40. The molecule has 0 aliphatic heterocycles. The Morgan fingerprint density at radius 2 is 1.95 bits per heavy atom. The Bertz CT molecular complexity index is 417. The molecule has 112 valence electrons. The lowest BCUT2D eigenvalue weighted by Crippen LogP contribution is -2.26. The predicted octanol–water partition coefficient (Wildman–Crippen LogP) is 4.50. The van der Waals surface area contributed by atoms with Crippen LogP contribution in [0.5, 0.6) is 5.75 Å². The summed E-state index contributed by atoms with van der Waals surface area (Å²) in [6, 6.07) is 6.72. The Morgan fingerprint density at radius 3 is 2.55 bits per heavy atom. The second kappa shape index (κ2) is 7.02. The van der Waals surface area contributed by atoms with E-state index in [1.165, 1.54) is 25.3 Å². The normalized spacial score (nSPS) is 24.6. The van der Waals surface area contributed by atoms with Gasteiger partial charge in [0.1, 0.15) is 5.75 Å². The fourth-order valence-electron chi connectivity index (χ4n) is 3.13. The van der Waals surface area contributed by atoms with E-state index in [0.29, 0.717) is 5.92 Å². The molecule has 1 unspecified atom stereocenters. The smallest absolute Gasteiger partial charge is 0.387 e. The fraction of sp³-hybridized carbons (Fsp3) is 0.625. The summed E-state index contributed by atoms with van der Waals surface area (Å²) in [7, 11) is 0. The van der Waals surface area contributed by atoms with Gasteiger partial charge in [-0.15, -0.1) is 0 Å². The Labute approximate surface area is 119 Å². The molecule has 0 radical (unpaired) electrons. The van der Waals surface area contributed by atoms with Crippen molar-refractivity contribution in [1.29, 1.82) is 0 Å². The molecule has 20 heavy (non-hydrogen) atoms. The van der Waals surface area contributed by atoms with Crippen molar-refractivity contribution in [1.82, 2.24) is 0 Å². The van der Waals surface area contributed by atoms with Gasteiger partial charge in [-0.3, -0.25) is 0 Å². The average Bonchev–Trinajstić information content (AvgIpc) is 2.46. The largest absolute Gasteiger partial charge is 0.435 e. The monoisotopic (exact) mass is 283 g/mol. The summed E-state index contributed by atoms with van der Waals surface area (Å²) in [5.41, 5.74) is 7.21. The van der Waals surface area contributed by atoms with Gasteiger partial charge < -0.3 is 10.5 Å². The fourth-order valence-corrected chi connectivity index (χ4v) is 3.13. The van der Waals surface area contributed by atoms with Crippen LogP contribution in [0.25, 0.3) is 0 Å². The van der Waals surface area contributed by atoms with Gasteiger partial charge in [-0.1, -0.05) is 38.3 Å². The molecule has 1 fully saturated rings. The molecule has 1 aromatic rings. The van der Waals surface area contributed by atoms with E-state index in [9.17, 15) is 8.78 Å². The van der Waals surface area contributed by atoms with Crippen molar-refractivity contribution in [3.05, 3.63) is 29.8 Å². The average molecular weight is 283 g/mol. The molecule has 1 atom stereocenters. The van der Waals surface area contributed by atoms with Gasteiger partial charge in [-0.2, -0.15) is 8.78 Å². The summed E-state index contributed by atoms with van der Waals surface area (Å²) in [6.45, 7) is -0.558. The molecule has 1 aliphatic carbocycles. The van der Waals surface area contributed by atoms with Crippen LogP contribution in [0.15, 0.2) is 24.3 Å². The lowest BCUT2D eigenvalue weighted by atomic mass is 9.76. The minimum atomic E-state index is -2.79. The second-order valence-corrected chi connectivity index (χ2v) is 5.67. The lowest BCUT2D eigenvalue weighted by molar-refractivity contribution is -0.0499. The van der Waals surface area contributed by atoms with Crippen molar-refractivity contribution in [2.75, 3.05) is 0 Å². The highest BCUT2D eigenvalue weighted by atomic mass is 19.3.